The minimum Gasteiger partial charge on any atom is -0.502 e. The summed E-state index contributed by atoms with van der Waals surface area (Å²) in [6.45, 7) is 4.15. The minimum absolute atomic E-state index is 0.0768. The van der Waals surface area contributed by atoms with E-state index in [2.05, 4.69) is 13.8 Å². The maximum Gasteiger partial charge on any atom is 0.301 e. The number of aliphatic hydroxyl groups is 1. The van der Waals surface area contributed by atoms with Gasteiger partial charge in [0.2, 0.25) is 0 Å². The number of benzene rings is 1. The van der Waals surface area contributed by atoms with Crippen LogP contribution in [0.5, 0.6) is 0 Å². The first-order valence-corrected chi connectivity index (χ1v) is 7.84. The van der Waals surface area contributed by atoms with E-state index in [-0.39, 0.29) is 5.57 Å². The summed E-state index contributed by atoms with van der Waals surface area (Å²) in [6, 6.07) is 10.7. The molecule has 1 N–H and O–H groups in total. The summed E-state index contributed by atoms with van der Waals surface area (Å²) in [5.74, 6) is -1.28. The van der Waals surface area contributed by atoms with E-state index in [1.807, 2.05) is 12.1 Å². The van der Waals surface area contributed by atoms with Crippen molar-refractivity contribution < 1.29 is 14.7 Å². The van der Waals surface area contributed by atoms with Crippen LogP contribution in [0.4, 0.5) is 5.69 Å². The fourth-order valence-corrected chi connectivity index (χ4v) is 3.17. The molecular weight excluding hydrogens is 298 g/mol. The van der Waals surface area contributed by atoms with Crippen LogP contribution in [0.25, 0.3) is 5.57 Å². The smallest absolute Gasteiger partial charge is 0.301 e. The Morgan fingerprint density at radius 1 is 1.05 bits per heavy atom. The topological polar surface area (TPSA) is 57.6 Å². The van der Waals surface area contributed by atoms with E-state index in [9.17, 15) is 14.7 Å². The van der Waals surface area contributed by atoms with Gasteiger partial charge in [-0.15, -0.1) is 11.3 Å². The first-order chi connectivity index (χ1) is 10.5. The summed E-state index contributed by atoms with van der Waals surface area (Å²) in [5, 5.41) is 11.8. The van der Waals surface area contributed by atoms with Crippen molar-refractivity contribution in [3.8, 4) is 0 Å². The molecule has 0 unspecified atom stereocenters. The predicted molar refractivity (Wildman–Crippen MR) is 86.9 cm³/mol. The fraction of sp³-hybridized carbons (Fsp3) is 0.176. The number of imide groups is 1. The van der Waals surface area contributed by atoms with Crippen LogP contribution in [0.15, 0.2) is 47.5 Å². The average molecular weight is 313 g/mol. The molecule has 1 aromatic carbocycles. The number of aliphatic hydroxyl groups excluding tert-OH is 1. The number of amides is 2. The van der Waals surface area contributed by atoms with Gasteiger partial charge in [-0.3, -0.25) is 9.59 Å². The number of hydrogen-bond donors (Lipinski definition) is 1. The molecule has 3 rings (SSSR count). The fourth-order valence-electron chi connectivity index (χ4n) is 2.40. The highest BCUT2D eigenvalue weighted by molar-refractivity contribution is 7.11. The Kier molecular flexibility index (Phi) is 3.58. The van der Waals surface area contributed by atoms with Crippen molar-refractivity contribution in [2.24, 2.45) is 0 Å². The second-order valence-corrected chi connectivity index (χ2v) is 6.34. The third kappa shape index (κ3) is 2.23. The second kappa shape index (κ2) is 5.42. The molecule has 112 valence electrons. The van der Waals surface area contributed by atoms with E-state index in [1.54, 1.807) is 29.6 Å². The van der Waals surface area contributed by atoms with Crippen molar-refractivity contribution in [3.05, 3.63) is 58.0 Å². The molecule has 2 heterocycles. The number of hydrogen-bond acceptors (Lipinski definition) is 4. The molecule has 5 heteroatoms. The molecule has 0 atom stereocenters. The van der Waals surface area contributed by atoms with Gasteiger partial charge in [0.15, 0.2) is 5.76 Å². The summed E-state index contributed by atoms with van der Waals surface area (Å²) in [5.41, 5.74) is 1.67. The summed E-state index contributed by atoms with van der Waals surface area (Å²) in [7, 11) is 0. The lowest BCUT2D eigenvalue weighted by atomic mass is 10.0. The lowest BCUT2D eigenvalue weighted by molar-refractivity contribution is -0.121. The number of carbonyl (C=O) groups is 2. The van der Waals surface area contributed by atoms with Crippen LogP contribution in [-0.2, 0) is 9.59 Å². The predicted octanol–water partition coefficient (Wildman–Crippen LogP) is 3.71. The third-order valence-corrected chi connectivity index (χ3v) is 4.53. The van der Waals surface area contributed by atoms with Crippen molar-refractivity contribution in [2.45, 2.75) is 19.8 Å². The molecule has 1 aliphatic rings. The molecule has 0 aliphatic carbocycles. The van der Waals surface area contributed by atoms with E-state index in [1.165, 1.54) is 11.3 Å². The lowest BCUT2D eigenvalue weighted by Crippen LogP contribution is -2.31. The molecule has 2 aromatic rings. The van der Waals surface area contributed by atoms with Crippen LogP contribution >= 0.6 is 11.3 Å². The molecule has 0 fully saturated rings. The summed E-state index contributed by atoms with van der Waals surface area (Å²) >= 11 is 1.32. The van der Waals surface area contributed by atoms with Crippen molar-refractivity contribution >= 4 is 34.4 Å². The maximum atomic E-state index is 12.5. The number of rotatable bonds is 3. The van der Waals surface area contributed by atoms with E-state index >= 15 is 0 Å². The molecule has 22 heavy (non-hydrogen) atoms. The Bertz CT molecular complexity index is 758. The number of carbonyl (C=O) groups excluding carboxylic acids is 2. The van der Waals surface area contributed by atoms with E-state index < -0.39 is 17.6 Å². The van der Waals surface area contributed by atoms with Gasteiger partial charge >= 0.3 is 5.91 Å². The van der Waals surface area contributed by atoms with Crippen molar-refractivity contribution in [3.63, 3.8) is 0 Å². The van der Waals surface area contributed by atoms with Crippen molar-refractivity contribution in [1.82, 2.24) is 0 Å². The average Bonchev–Trinajstić information content (AvgIpc) is 3.08. The Balaban J connectivity index is 1.97. The Hall–Kier alpha value is -2.40. The van der Waals surface area contributed by atoms with Crippen LogP contribution in [0.1, 0.15) is 30.2 Å². The number of thiophene rings is 1. The van der Waals surface area contributed by atoms with Crippen LogP contribution in [0, 0.1) is 0 Å². The first kappa shape index (κ1) is 14.5. The molecule has 1 aromatic heterocycles. The standard InChI is InChI=1S/C17H15NO3S/c1-10(2)11-5-7-12(8-6-11)18-16(20)14(15(19)17(18)21)13-4-3-9-22-13/h3-10,19H,1-2H3. The minimum atomic E-state index is -0.675. The van der Waals surface area contributed by atoms with Crippen LogP contribution in [-0.4, -0.2) is 16.9 Å². The Morgan fingerprint density at radius 3 is 2.27 bits per heavy atom. The Labute approximate surface area is 132 Å². The Morgan fingerprint density at radius 2 is 1.73 bits per heavy atom. The molecule has 0 radical (unpaired) electrons. The zero-order valence-corrected chi connectivity index (χ0v) is 13.1. The van der Waals surface area contributed by atoms with E-state index in [0.717, 1.165) is 10.5 Å². The van der Waals surface area contributed by atoms with Gasteiger partial charge < -0.3 is 5.11 Å². The molecule has 0 saturated carbocycles. The normalized spacial score (nSPS) is 15.3. The van der Waals surface area contributed by atoms with Gasteiger partial charge in [-0.2, -0.15) is 0 Å². The molecule has 0 saturated heterocycles. The molecule has 2 amide bonds. The first-order valence-electron chi connectivity index (χ1n) is 6.96. The van der Waals surface area contributed by atoms with Gasteiger partial charge in [0.05, 0.1) is 5.69 Å². The zero-order valence-electron chi connectivity index (χ0n) is 12.2. The second-order valence-electron chi connectivity index (χ2n) is 5.39. The van der Waals surface area contributed by atoms with Gasteiger partial charge in [0, 0.05) is 4.88 Å². The molecule has 0 bridgehead atoms. The van der Waals surface area contributed by atoms with Gasteiger partial charge in [0.1, 0.15) is 5.57 Å². The molecule has 4 nitrogen and oxygen atoms in total. The number of nitrogens with zero attached hydrogens (tertiary/aromatic N) is 1. The summed E-state index contributed by atoms with van der Waals surface area (Å²) in [4.78, 5) is 26.4. The number of anilines is 1. The van der Waals surface area contributed by atoms with Crippen LogP contribution in [0.2, 0.25) is 0 Å². The molecular formula is C17H15NO3S. The zero-order chi connectivity index (χ0) is 15.9. The monoisotopic (exact) mass is 313 g/mol. The van der Waals surface area contributed by atoms with Crippen LogP contribution in [0.3, 0.4) is 0 Å². The van der Waals surface area contributed by atoms with Crippen molar-refractivity contribution in [2.75, 3.05) is 4.90 Å². The largest absolute Gasteiger partial charge is 0.502 e. The highest BCUT2D eigenvalue weighted by Gasteiger charge is 2.40. The highest BCUT2D eigenvalue weighted by Crippen LogP contribution is 2.34. The maximum absolute atomic E-state index is 12.5. The van der Waals surface area contributed by atoms with E-state index in [4.69, 9.17) is 0 Å². The van der Waals surface area contributed by atoms with Gasteiger partial charge in [-0.25, -0.2) is 4.90 Å². The van der Waals surface area contributed by atoms with Gasteiger partial charge in [0.25, 0.3) is 5.91 Å². The summed E-state index contributed by atoms with van der Waals surface area (Å²) in [6.07, 6.45) is 0. The van der Waals surface area contributed by atoms with E-state index in [0.29, 0.717) is 16.5 Å². The SMILES string of the molecule is CC(C)c1ccc(N2C(=O)C(O)=C(c3cccs3)C2=O)cc1. The highest BCUT2D eigenvalue weighted by atomic mass is 32.1. The quantitative estimate of drug-likeness (QED) is 0.879. The third-order valence-electron chi connectivity index (χ3n) is 3.64. The van der Waals surface area contributed by atoms with Crippen molar-refractivity contribution in [1.29, 1.82) is 0 Å². The summed E-state index contributed by atoms with van der Waals surface area (Å²) < 4.78 is 0. The lowest BCUT2D eigenvalue weighted by Gasteiger charge is -2.15. The molecule has 0 spiro atoms. The van der Waals surface area contributed by atoms with Gasteiger partial charge in [-0.1, -0.05) is 32.0 Å². The van der Waals surface area contributed by atoms with Crippen LogP contribution < -0.4 is 4.90 Å². The van der Waals surface area contributed by atoms with Gasteiger partial charge in [-0.05, 0) is 35.1 Å². The molecule has 1 aliphatic heterocycles.